The van der Waals surface area contributed by atoms with Crippen LogP contribution in [-0.2, 0) is 16.7 Å². The first-order chi connectivity index (χ1) is 16.6. The summed E-state index contributed by atoms with van der Waals surface area (Å²) in [4.78, 5) is 18.9. The summed E-state index contributed by atoms with van der Waals surface area (Å²) >= 11 is 0. The van der Waals surface area contributed by atoms with Crippen LogP contribution in [0.2, 0.25) is 0 Å². The molecule has 0 radical (unpaired) electrons. The molecule has 0 N–H and O–H groups in total. The van der Waals surface area contributed by atoms with Gasteiger partial charge in [0.2, 0.25) is 0 Å². The van der Waals surface area contributed by atoms with Gasteiger partial charge in [0.25, 0.3) is 0 Å². The number of hydrogen-bond acceptors (Lipinski definition) is 9. The molecule has 9 heteroatoms. The molecule has 0 unspecified atom stereocenters. The van der Waals surface area contributed by atoms with Crippen molar-refractivity contribution in [2.45, 2.75) is 43.7 Å². The van der Waals surface area contributed by atoms with Gasteiger partial charge in [-0.3, -0.25) is 14.9 Å². The zero-order valence-corrected chi connectivity index (χ0v) is 19.7. The van der Waals surface area contributed by atoms with Crippen LogP contribution >= 0.6 is 0 Å². The van der Waals surface area contributed by atoms with Crippen molar-refractivity contribution >= 4 is 17.3 Å². The number of nitrogens with zero attached hydrogens (tertiary/aromatic N) is 8. The van der Waals surface area contributed by atoms with E-state index in [0.717, 1.165) is 87.4 Å². The molecule has 2 saturated carbocycles. The lowest BCUT2D eigenvalue weighted by atomic mass is 9.58. The third kappa shape index (κ3) is 3.13. The first-order valence-corrected chi connectivity index (χ1v) is 12.4. The van der Waals surface area contributed by atoms with E-state index in [-0.39, 0.29) is 0 Å². The first kappa shape index (κ1) is 20.6. The van der Waals surface area contributed by atoms with Crippen molar-refractivity contribution in [1.29, 1.82) is 5.26 Å². The molecule has 9 nitrogen and oxygen atoms in total. The number of hydrazine groups is 1. The molecule has 0 aromatic carbocycles. The number of hydrogen-bond donors (Lipinski definition) is 0. The number of rotatable bonds is 3. The quantitative estimate of drug-likeness (QED) is 0.687. The van der Waals surface area contributed by atoms with Crippen LogP contribution in [0.1, 0.15) is 36.9 Å². The van der Waals surface area contributed by atoms with Crippen LogP contribution in [0.5, 0.6) is 0 Å². The second-order valence-corrected chi connectivity index (χ2v) is 10.8. The van der Waals surface area contributed by atoms with Crippen molar-refractivity contribution in [1.82, 2.24) is 24.9 Å². The molecule has 5 aliphatic rings. The van der Waals surface area contributed by atoms with E-state index < -0.39 is 5.41 Å². The number of morpholine rings is 1. The minimum Gasteiger partial charge on any atom is -0.378 e. The highest BCUT2D eigenvalue weighted by Crippen LogP contribution is 2.68. The van der Waals surface area contributed by atoms with Gasteiger partial charge in [0, 0.05) is 57.6 Å². The molecule has 1 atom stereocenters. The summed E-state index contributed by atoms with van der Waals surface area (Å²) in [6.07, 6.45) is 8.06. The number of pyridine rings is 1. The average molecular weight is 459 g/mol. The highest BCUT2D eigenvalue weighted by atomic mass is 16.5. The largest absolute Gasteiger partial charge is 0.378 e. The standard InChI is InChI=1S/C25H30N8O/c1-30-11-18-10-27-21(25(16-26)14-24(15-25)2-3-24)8-20(18)33(30)23-9-22(28-17-29-23)32-5-4-31-6-7-34-13-19(31)12-32/h8-10,17,19H,2-7,11-15H2,1H3/t19-/m0/s1. The molecule has 2 saturated heterocycles. The molecule has 2 aromatic heterocycles. The van der Waals surface area contributed by atoms with Crippen molar-refractivity contribution in [2.24, 2.45) is 5.41 Å². The molecule has 2 aromatic rings. The van der Waals surface area contributed by atoms with E-state index in [1.807, 2.05) is 6.20 Å². The van der Waals surface area contributed by atoms with Crippen LogP contribution in [-0.4, -0.2) is 77.3 Å². The second-order valence-electron chi connectivity index (χ2n) is 10.8. The van der Waals surface area contributed by atoms with Crippen molar-refractivity contribution in [3.05, 3.63) is 35.9 Å². The second kappa shape index (κ2) is 7.35. The van der Waals surface area contributed by atoms with Crippen molar-refractivity contribution in [3.8, 4) is 6.07 Å². The van der Waals surface area contributed by atoms with Gasteiger partial charge in [0.05, 0.1) is 36.7 Å². The third-order valence-electron chi connectivity index (χ3n) is 8.56. The van der Waals surface area contributed by atoms with Gasteiger partial charge in [-0.2, -0.15) is 5.26 Å². The van der Waals surface area contributed by atoms with Crippen LogP contribution in [0.15, 0.2) is 24.7 Å². The molecule has 2 aliphatic carbocycles. The van der Waals surface area contributed by atoms with Crippen molar-refractivity contribution in [2.75, 3.05) is 56.3 Å². The number of anilines is 3. The Morgan fingerprint density at radius 1 is 1.09 bits per heavy atom. The molecule has 7 rings (SSSR count). The predicted octanol–water partition coefficient (Wildman–Crippen LogP) is 2.23. The molecule has 4 fully saturated rings. The highest BCUT2D eigenvalue weighted by Gasteiger charge is 2.62. The monoisotopic (exact) mass is 458 g/mol. The van der Waals surface area contributed by atoms with Crippen molar-refractivity contribution in [3.63, 3.8) is 0 Å². The third-order valence-corrected chi connectivity index (χ3v) is 8.56. The van der Waals surface area contributed by atoms with Crippen LogP contribution < -0.4 is 9.91 Å². The summed E-state index contributed by atoms with van der Waals surface area (Å²) in [5.41, 5.74) is 3.15. The summed E-state index contributed by atoms with van der Waals surface area (Å²) in [5.74, 6) is 1.80. The van der Waals surface area contributed by atoms with E-state index in [0.29, 0.717) is 11.5 Å². The van der Waals surface area contributed by atoms with E-state index in [2.05, 4.69) is 55.0 Å². The number of ether oxygens (including phenoxy) is 1. The molecular weight excluding hydrogens is 428 g/mol. The fourth-order valence-electron chi connectivity index (χ4n) is 6.51. The molecule has 34 heavy (non-hydrogen) atoms. The van der Waals surface area contributed by atoms with Crippen LogP contribution in [0.4, 0.5) is 17.3 Å². The Hall–Kier alpha value is -2.80. The normalized spacial score (nSPS) is 27.1. The van der Waals surface area contributed by atoms with Gasteiger partial charge in [-0.25, -0.2) is 15.0 Å². The SMILES string of the molecule is CN1Cc2cnc(C3(C#N)CC4(CC4)C3)cc2N1c1cc(N2CCN3CCOC[C@@H]3C2)ncn1. The number of piperazine rings is 1. The molecule has 0 bridgehead atoms. The predicted molar refractivity (Wildman–Crippen MR) is 126 cm³/mol. The Balaban J connectivity index is 1.18. The summed E-state index contributed by atoms with van der Waals surface area (Å²) in [5, 5.41) is 14.4. The van der Waals surface area contributed by atoms with Gasteiger partial charge in [0.15, 0.2) is 5.82 Å². The van der Waals surface area contributed by atoms with Gasteiger partial charge >= 0.3 is 0 Å². The molecule has 0 amide bonds. The van der Waals surface area contributed by atoms with Crippen LogP contribution in [0.3, 0.4) is 0 Å². The summed E-state index contributed by atoms with van der Waals surface area (Å²) in [6, 6.07) is 7.27. The van der Waals surface area contributed by atoms with Gasteiger partial charge < -0.3 is 9.64 Å². The lowest BCUT2D eigenvalue weighted by Crippen LogP contribution is -2.58. The van der Waals surface area contributed by atoms with Gasteiger partial charge in [0.1, 0.15) is 17.6 Å². The fraction of sp³-hybridized carbons (Fsp3) is 0.600. The molecule has 5 heterocycles. The summed E-state index contributed by atoms with van der Waals surface area (Å²) < 4.78 is 5.72. The van der Waals surface area contributed by atoms with Gasteiger partial charge in [-0.1, -0.05) is 0 Å². The van der Waals surface area contributed by atoms with Crippen LogP contribution in [0.25, 0.3) is 0 Å². The lowest BCUT2D eigenvalue weighted by molar-refractivity contribution is -0.0117. The maximum Gasteiger partial charge on any atom is 0.153 e. The van der Waals surface area contributed by atoms with E-state index in [1.54, 1.807) is 6.33 Å². The highest BCUT2D eigenvalue weighted by molar-refractivity contribution is 5.68. The van der Waals surface area contributed by atoms with Crippen LogP contribution in [0, 0.1) is 16.7 Å². The van der Waals surface area contributed by atoms with E-state index in [1.165, 1.54) is 12.8 Å². The number of nitriles is 1. The maximum absolute atomic E-state index is 10.0. The Kier molecular flexibility index (Phi) is 4.44. The molecule has 176 valence electrons. The Morgan fingerprint density at radius 2 is 1.94 bits per heavy atom. The fourth-order valence-corrected chi connectivity index (χ4v) is 6.51. The zero-order chi connectivity index (χ0) is 22.9. The van der Waals surface area contributed by atoms with E-state index >= 15 is 0 Å². The van der Waals surface area contributed by atoms with E-state index in [9.17, 15) is 5.26 Å². The van der Waals surface area contributed by atoms with Gasteiger partial charge in [-0.15, -0.1) is 0 Å². The van der Waals surface area contributed by atoms with Gasteiger partial charge in [-0.05, 0) is 37.2 Å². The number of fused-ring (bicyclic) bond motifs is 2. The lowest BCUT2D eigenvalue weighted by Gasteiger charge is -2.44. The maximum atomic E-state index is 10.0. The first-order valence-electron chi connectivity index (χ1n) is 12.4. The summed E-state index contributed by atoms with van der Waals surface area (Å²) in [6.45, 7) is 6.32. The number of aromatic nitrogens is 3. The van der Waals surface area contributed by atoms with Crippen molar-refractivity contribution < 1.29 is 4.74 Å². The Labute approximate surface area is 199 Å². The molecular formula is C25H30N8O. The molecule has 1 spiro atoms. The molecule has 3 aliphatic heterocycles. The minimum absolute atomic E-state index is 0.421. The average Bonchev–Trinajstić information content (AvgIpc) is 3.57. The Bertz CT molecular complexity index is 1170. The minimum atomic E-state index is -0.434. The summed E-state index contributed by atoms with van der Waals surface area (Å²) in [7, 11) is 2.07. The Morgan fingerprint density at radius 3 is 2.76 bits per heavy atom. The van der Waals surface area contributed by atoms with E-state index in [4.69, 9.17) is 9.72 Å². The zero-order valence-electron chi connectivity index (χ0n) is 19.7. The smallest absolute Gasteiger partial charge is 0.153 e. The topological polar surface area (TPSA) is 84.7 Å².